The Kier molecular flexibility index (Phi) is 4.85. The van der Waals surface area contributed by atoms with Crippen LogP contribution >= 0.6 is 0 Å². The molecule has 0 atom stereocenters. The van der Waals surface area contributed by atoms with Gasteiger partial charge in [0.05, 0.1) is 5.82 Å². The van der Waals surface area contributed by atoms with Gasteiger partial charge < -0.3 is 22.1 Å². The van der Waals surface area contributed by atoms with E-state index in [9.17, 15) is 18.0 Å². The number of benzene rings is 1. The lowest BCUT2D eigenvalue weighted by Crippen LogP contribution is -2.25. The van der Waals surface area contributed by atoms with Crippen LogP contribution in [0.25, 0.3) is 5.70 Å². The van der Waals surface area contributed by atoms with Crippen LogP contribution in [-0.2, 0) is 0 Å². The van der Waals surface area contributed by atoms with Crippen LogP contribution in [0.4, 0.5) is 13.2 Å². The van der Waals surface area contributed by atoms with Gasteiger partial charge in [0.25, 0.3) is 5.91 Å². The highest BCUT2D eigenvalue weighted by Gasteiger charge is 2.25. The summed E-state index contributed by atoms with van der Waals surface area (Å²) in [5, 5.41) is 0. The van der Waals surface area contributed by atoms with Crippen molar-refractivity contribution in [1.82, 2.24) is 4.90 Å². The topological polar surface area (TPSA) is 98.4 Å². The van der Waals surface area contributed by atoms with Gasteiger partial charge in [-0.05, 0) is 18.2 Å². The van der Waals surface area contributed by atoms with Gasteiger partial charge in [-0.1, -0.05) is 0 Å². The molecule has 1 aromatic rings. The van der Waals surface area contributed by atoms with Crippen LogP contribution in [0.3, 0.4) is 0 Å². The Morgan fingerprint density at radius 1 is 1.10 bits per heavy atom. The van der Waals surface area contributed by atoms with E-state index in [-0.39, 0.29) is 11.5 Å². The number of carbonyl (C=O) groups is 1. The maximum Gasteiger partial charge on any atom is 0.259 e. The molecule has 0 saturated heterocycles. The van der Waals surface area contributed by atoms with E-state index in [0.29, 0.717) is 6.07 Å². The molecule has 8 heteroatoms. The zero-order valence-corrected chi connectivity index (χ0v) is 11.5. The van der Waals surface area contributed by atoms with Gasteiger partial charge in [0.1, 0.15) is 11.4 Å². The first-order valence-electron chi connectivity index (χ1n) is 5.74. The van der Waals surface area contributed by atoms with E-state index in [2.05, 4.69) is 0 Å². The van der Waals surface area contributed by atoms with Crippen molar-refractivity contribution in [2.45, 2.75) is 0 Å². The van der Waals surface area contributed by atoms with Crippen LogP contribution in [0.15, 0.2) is 24.0 Å². The molecule has 0 aliphatic rings. The monoisotopic (exact) mass is 300 g/mol. The normalized spacial score (nSPS) is 11.2. The molecule has 6 N–H and O–H groups in total. The second kappa shape index (κ2) is 6.21. The standard InChI is InChI=1S/C13H15F3N4O/c1-20(2)13(21)10-7(14)5-6(11(15)12(10)16)8(17)3-4-9(18)19/h3-5H,17-19H2,1-2H3/b8-3-. The number of carbonyl (C=O) groups excluding carboxylic acids is 1. The summed E-state index contributed by atoms with van der Waals surface area (Å²) in [6, 6.07) is 0.640. The Balaban J connectivity index is 3.46. The Morgan fingerprint density at radius 2 is 1.67 bits per heavy atom. The van der Waals surface area contributed by atoms with Crippen molar-refractivity contribution in [3.8, 4) is 0 Å². The molecule has 0 unspecified atom stereocenters. The minimum atomic E-state index is -1.61. The lowest BCUT2D eigenvalue weighted by atomic mass is 10.1. The van der Waals surface area contributed by atoms with E-state index < -0.39 is 34.5 Å². The highest BCUT2D eigenvalue weighted by Crippen LogP contribution is 2.24. The van der Waals surface area contributed by atoms with Crippen molar-refractivity contribution < 1.29 is 18.0 Å². The molecule has 0 saturated carbocycles. The van der Waals surface area contributed by atoms with Gasteiger partial charge in [-0.25, -0.2) is 13.2 Å². The number of hydrogen-bond donors (Lipinski definition) is 3. The van der Waals surface area contributed by atoms with E-state index in [0.717, 1.165) is 17.1 Å². The van der Waals surface area contributed by atoms with Gasteiger partial charge in [0.15, 0.2) is 11.6 Å². The Hall–Kier alpha value is -2.64. The SMILES string of the molecule is CN(C)C(=O)c1c(F)cc(/C(N)=C/C=C(N)N)c(F)c1F. The summed E-state index contributed by atoms with van der Waals surface area (Å²) >= 11 is 0. The number of nitrogens with two attached hydrogens (primary N) is 3. The summed E-state index contributed by atoms with van der Waals surface area (Å²) in [5.41, 5.74) is 14.0. The maximum atomic E-state index is 13.9. The molecule has 0 aliphatic heterocycles. The minimum Gasteiger partial charge on any atom is -0.398 e. The van der Waals surface area contributed by atoms with Crippen molar-refractivity contribution in [1.29, 1.82) is 0 Å². The zero-order chi connectivity index (χ0) is 16.3. The molecule has 21 heavy (non-hydrogen) atoms. The number of rotatable bonds is 3. The second-order valence-electron chi connectivity index (χ2n) is 4.40. The van der Waals surface area contributed by atoms with Crippen molar-refractivity contribution in [2.24, 2.45) is 17.2 Å². The van der Waals surface area contributed by atoms with Crippen molar-refractivity contribution in [3.05, 3.63) is 52.6 Å². The Morgan fingerprint density at radius 3 is 2.14 bits per heavy atom. The Bertz CT molecular complexity index is 635. The van der Waals surface area contributed by atoms with E-state index >= 15 is 0 Å². The molecule has 0 aliphatic carbocycles. The summed E-state index contributed by atoms with van der Waals surface area (Å²) in [6.45, 7) is 0. The first-order chi connectivity index (χ1) is 9.66. The van der Waals surface area contributed by atoms with Crippen LogP contribution in [0.2, 0.25) is 0 Å². The number of halogens is 3. The van der Waals surface area contributed by atoms with Gasteiger partial charge in [0, 0.05) is 25.4 Å². The predicted molar refractivity (Wildman–Crippen MR) is 73.0 cm³/mol. The van der Waals surface area contributed by atoms with Crippen molar-refractivity contribution in [3.63, 3.8) is 0 Å². The third kappa shape index (κ3) is 3.47. The molecule has 114 valence electrons. The second-order valence-corrected chi connectivity index (χ2v) is 4.40. The van der Waals surface area contributed by atoms with Crippen molar-refractivity contribution >= 4 is 11.6 Å². The van der Waals surface area contributed by atoms with Crippen LogP contribution in [0, 0.1) is 17.5 Å². The Labute approximate surface area is 119 Å². The number of nitrogens with zero attached hydrogens (tertiary/aromatic N) is 1. The fourth-order valence-corrected chi connectivity index (χ4v) is 1.50. The predicted octanol–water partition coefficient (Wildman–Crippen LogP) is 0.864. The molecule has 5 nitrogen and oxygen atoms in total. The maximum absolute atomic E-state index is 13.9. The summed E-state index contributed by atoms with van der Waals surface area (Å²) in [7, 11) is 2.58. The molecule has 0 bridgehead atoms. The average Bonchev–Trinajstić information content (AvgIpc) is 2.39. The number of allylic oxidation sites excluding steroid dienone is 2. The van der Waals surface area contributed by atoms with Crippen LogP contribution in [-0.4, -0.2) is 24.9 Å². The van der Waals surface area contributed by atoms with Gasteiger partial charge >= 0.3 is 0 Å². The molecule has 1 aromatic carbocycles. The largest absolute Gasteiger partial charge is 0.398 e. The first-order valence-corrected chi connectivity index (χ1v) is 5.74. The molecule has 0 aromatic heterocycles. The van der Waals surface area contributed by atoms with Crippen molar-refractivity contribution in [2.75, 3.05) is 14.1 Å². The van der Waals surface area contributed by atoms with Gasteiger partial charge in [-0.15, -0.1) is 0 Å². The zero-order valence-electron chi connectivity index (χ0n) is 11.5. The minimum absolute atomic E-state index is 0.112. The first kappa shape index (κ1) is 16.4. The molecule has 1 rings (SSSR count). The van der Waals surface area contributed by atoms with Crippen LogP contribution in [0.5, 0.6) is 0 Å². The molecule has 0 spiro atoms. The van der Waals surface area contributed by atoms with Crippen LogP contribution < -0.4 is 17.2 Å². The van der Waals surface area contributed by atoms with E-state index in [1.165, 1.54) is 14.1 Å². The van der Waals surface area contributed by atoms with Gasteiger partial charge in [0.2, 0.25) is 0 Å². The summed E-state index contributed by atoms with van der Waals surface area (Å²) in [6.07, 6.45) is 2.24. The number of hydrogen-bond acceptors (Lipinski definition) is 4. The number of amides is 1. The summed E-state index contributed by atoms with van der Waals surface area (Å²) < 4.78 is 41.7. The fourth-order valence-electron chi connectivity index (χ4n) is 1.50. The third-order valence-corrected chi connectivity index (χ3v) is 2.54. The van der Waals surface area contributed by atoms with Gasteiger partial charge in [-0.2, -0.15) is 0 Å². The molecular weight excluding hydrogens is 285 g/mol. The molecule has 0 heterocycles. The molecule has 1 amide bonds. The van der Waals surface area contributed by atoms with E-state index in [1.54, 1.807) is 0 Å². The quantitative estimate of drug-likeness (QED) is 0.569. The third-order valence-electron chi connectivity index (χ3n) is 2.54. The smallest absolute Gasteiger partial charge is 0.259 e. The lowest BCUT2D eigenvalue weighted by Gasteiger charge is -2.14. The fraction of sp³-hybridized carbons (Fsp3) is 0.154. The van der Waals surface area contributed by atoms with Crippen LogP contribution in [0.1, 0.15) is 15.9 Å². The average molecular weight is 300 g/mol. The summed E-state index contributed by atoms with van der Waals surface area (Å²) in [4.78, 5) is 12.6. The lowest BCUT2D eigenvalue weighted by molar-refractivity contribution is 0.0817. The van der Waals surface area contributed by atoms with E-state index in [4.69, 9.17) is 17.2 Å². The highest BCUT2D eigenvalue weighted by molar-refractivity contribution is 5.94. The van der Waals surface area contributed by atoms with Gasteiger partial charge in [-0.3, -0.25) is 4.79 Å². The molecular formula is C13H15F3N4O. The highest BCUT2D eigenvalue weighted by atomic mass is 19.2. The van der Waals surface area contributed by atoms with E-state index in [1.807, 2.05) is 0 Å². The molecule has 0 fully saturated rings. The molecule has 0 radical (unpaired) electrons. The summed E-state index contributed by atoms with van der Waals surface area (Å²) in [5.74, 6) is -5.37.